The van der Waals surface area contributed by atoms with Crippen LogP contribution in [0.2, 0.25) is 0 Å². The van der Waals surface area contributed by atoms with Gasteiger partial charge in [0, 0.05) is 11.1 Å². The van der Waals surface area contributed by atoms with Gasteiger partial charge in [0.05, 0.1) is 23.9 Å². The van der Waals surface area contributed by atoms with E-state index >= 15 is 0 Å². The first kappa shape index (κ1) is 16.7. The molecular weight excluding hydrogens is 340 g/mol. The lowest BCUT2D eigenvalue weighted by atomic mass is 10.0. The number of carbonyl (C=O) groups excluding carboxylic acids is 1. The number of hydrogen-bond donors (Lipinski definition) is 1. The number of ether oxygens (including phenoxy) is 1. The van der Waals surface area contributed by atoms with E-state index in [4.69, 9.17) is 15.5 Å². The molecule has 4 rings (SSSR count). The molecule has 0 atom stereocenters. The Balaban J connectivity index is 1.96. The smallest absolute Gasteiger partial charge is 0.338 e. The van der Waals surface area contributed by atoms with Crippen molar-refractivity contribution in [3.63, 3.8) is 0 Å². The van der Waals surface area contributed by atoms with Crippen LogP contribution in [0.5, 0.6) is 0 Å². The first-order valence-electron chi connectivity index (χ1n) is 8.35. The predicted octanol–water partition coefficient (Wildman–Crippen LogP) is 3.73. The number of methoxy groups -OCH3 is 1. The molecule has 132 valence electrons. The maximum Gasteiger partial charge on any atom is 0.338 e. The highest BCUT2D eigenvalue weighted by molar-refractivity contribution is 5.98. The lowest BCUT2D eigenvalue weighted by molar-refractivity contribution is 0.0601. The summed E-state index contributed by atoms with van der Waals surface area (Å²) in [7, 11) is 1.36. The molecule has 0 saturated heterocycles. The molecule has 0 radical (unpaired) electrons. The van der Waals surface area contributed by atoms with E-state index < -0.39 is 5.97 Å². The highest BCUT2D eigenvalue weighted by atomic mass is 16.5. The molecule has 0 bridgehead atoms. The predicted molar refractivity (Wildman–Crippen MR) is 104 cm³/mol. The third-order valence-corrected chi connectivity index (χ3v) is 4.22. The van der Waals surface area contributed by atoms with Crippen molar-refractivity contribution in [3.05, 3.63) is 72.3 Å². The van der Waals surface area contributed by atoms with E-state index in [2.05, 4.69) is 9.97 Å². The Kier molecular flexibility index (Phi) is 4.22. The SMILES string of the molecule is COC(=O)c1ccccc1-c1ccc2nc(N)nc(-c3ccccc3)c2n1. The zero-order valence-electron chi connectivity index (χ0n) is 14.6. The first-order chi connectivity index (χ1) is 13.2. The number of fused-ring (bicyclic) bond motifs is 1. The average Bonchev–Trinajstić information content (AvgIpc) is 2.73. The number of carbonyl (C=O) groups is 1. The van der Waals surface area contributed by atoms with Crippen molar-refractivity contribution in [2.75, 3.05) is 12.8 Å². The molecule has 27 heavy (non-hydrogen) atoms. The van der Waals surface area contributed by atoms with Crippen molar-refractivity contribution >= 4 is 23.0 Å². The molecule has 0 amide bonds. The van der Waals surface area contributed by atoms with Crippen LogP contribution in [0.1, 0.15) is 10.4 Å². The van der Waals surface area contributed by atoms with Crippen LogP contribution in [-0.2, 0) is 4.74 Å². The molecule has 0 aliphatic rings. The highest BCUT2D eigenvalue weighted by Gasteiger charge is 2.16. The van der Waals surface area contributed by atoms with Crippen molar-refractivity contribution < 1.29 is 9.53 Å². The number of pyridine rings is 1. The van der Waals surface area contributed by atoms with Gasteiger partial charge in [0.15, 0.2) is 0 Å². The van der Waals surface area contributed by atoms with Crippen LogP contribution in [0, 0.1) is 0 Å². The van der Waals surface area contributed by atoms with Crippen LogP contribution in [0.3, 0.4) is 0 Å². The Bertz CT molecular complexity index is 1140. The quantitative estimate of drug-likeness (QED) is 0.563. The van der Waals surface area contributed by atoms with Gasteiger partial charge in [-0.15, -0.1) is 0 Å². The molecule has 6 heteroatoms. The van der Waals surface area contributed by atoms with E-state index in [1.807, 2.05) is 54.6 Å². The molecule has 0 fully saturated rings. The number of esters is 1. The maximum absolute atomic E-state index is 12.1. The van der Waals surface area contributed by atoms with E-state index in [1.54, 1.807) is 12.1 Å². The number of nitrogens with zero attached hydrogens (tertiary/aromatic N) is 3. The molecule has 2 N–H and O–H groups in total. The van der Waals surface area contributed by atoms with Crippen molar-refractivity contribution in [3.8, 4) is 22.5 Å². The van der Waals surface area contributed by atoms with Crippen LogP contribution in [0.4, 0.5) is 5.95 Å². The van der Waals surface area contributed by atoms with Gasteiger partial charge in [-0.1, -0.05) is 48.5 Å². The summed E-state index contributed by atoms with van der Waals surface area (Å²) in [5.41, 5.74) is 10.4. The van der Waals surface area contributed by atoms with Crippen LogP contribution >= 0.6 is 0 Å². The minimum atomic E-state index is -0.413. The zero-order valence-corrected chi connectivity index (χ0v) is 14.6. The van der Waals surface area contributed by atoms with Crippen molar-refractivity contribution in [2.45, 2.75) is 0 Å². The second kappa shape index (κ2) is 6.84. The molecule has 2 aromatic heterocycles. The number of anilines is 1. The molecule has 0 saturated carbocycles. The summed E-state index contributed by atoms with van der Waals surface area (Å²) in [6, 6.07) is 20.5. The lowest BCUT2D eigenvalue weighted by Crippen LogP contribution is -2.04. The first-order valence-corrected chi connectivity index (χ1v) is 8.35. The van der Waals surface area contributed by atoms with Gasteiger partial charge in [0.1, 0.15) is 11.2 Å². The molecule has 0 aliphatic carbocycles. The van der Waals surface area contributed by atoms with Crippen molar-refractivity contribution in [1.29, 1.82) is 0 Å². The van der Waals surface area contributed by atoms with E-state index in [9.17, 15) is 4.79 Å². The van der Waals surface area contributed by atoms with Gasteiger partial charge in [-0.25, -0.2) is 19.7 Å². The Hall–Kier alpha value is -3.80. The van der Waals surface area contributed by atoms with Gasteiger partial charge in [-0.05, 0) is 18.2 Å². The molecule has 0 unspecified atom stereocenters. The van der Waals surface area contributed by atoms with E-state index in [-0.39, 0.29) is 5.95 Å². The number of nitrogens with two attached hydrogens (primary N) is 1. The van der Waals surface area contributed by atoms with Gasteiger partial charge < -0.3 is 10.5 Å². The maximum atomic E-state index is 12.1. The summed E-state index contributed by atoms with van der Waals surface area (Å²) in [6.07, 6.45) is 0. The summed E-state index contributed by atoms with van der Waals surface area (Å²) in [4.78, 5) is 25.5. The Labute approximate surface area is 155 Å². The summed E-state index contributed by atoms with van der Waals surface area (Å²) in [6.45, 7) is 0. The van der Waals surface area contributed by atoms with Crippen molar-refractivity contribution in [2.24, 2.45) is 0 Å². The standard InChI is InChI=1S/C21H16N4O2/c1-27-20(26)15-10-6-5-9-14(15)16-11-12-17-19(23-16)18(25-21(22)24-17)13-7-3-2-4-8-13/h2-12H,1H3,(H2,22,24,25). The van der Waals surface area contributed by atoms with Crippen LogP contribution in [-0.4, -0.2) is 28.0 Å². The Morgan fingerprint density at radius 2 is 1.63 bits per heavy atom. The molecule has 0 spiro atoms. The number of rotatable bonds is 3. The molecule has 2 heterocycles. The average molecular weight is 356 g/mol. The third kappa shape index (κ3) is 3.08. The molecule has 0 aliphatic heterocycles. The topological polar surface area (TPSA) is 91.0 Å². The van der Waals surface area contributed by atoms with Crippen LogP contribution < -0.4 is 5.73 Å². The van der Waals surface area contributed by atoms with Gasteiger partial charge in [-0.2, -0.15) is 0 Å². The number of hydrogen-bond acceptors (Lipinski definition) is 6. The summed E-state index contributed by atoms with van der Waals surface area (Å²) in [5, 5.41) is 0. The summed E-state index contributed by atoms with van der Waals surface area (Å²) < 4.78 is 4.89. The van der Waals surface area contributed by atoms with Crippen molar-refractivity contribution in [1.82, 2.24) is 15.0 Å². The van der Waals surface area contributed by atoms with Gasteiger partial charge in [0.2, 0.25) is 5.95 Å². The second-order valence-electron chi connectivity index (χ2n) is 5.90. The molecular formula is C21H16N4O2. The van der Waals surface area contributed by atoms with Gasteiger partial charge in [-0.3, -0.25) is 0 Å². The second-order valence-corrected chi connectivity index (χ2v) is 5.90. The lowest BCUT2D eigenvalue weighted by Gasteiger charge is -2.10. The summed E-state index contributed by atoms with van der Waals surface area (Å²) in [5.74, 6) is -0.227. The molecule has 6 nitrogen and oxygen atoms in total. The van der Waals surface area contributed by atoms with Gasteiger partial charge >= 0.3 is 5.97 Å². The number of nitrogen functional groups attached to an aromatic ring is 1. The Morgan fingerprint density at radius 3 is 2.41 bits per heavy atom. The van der Waals surface area contributed by atoms with Gasteiger partial charge in [0.25, 0.3) is 0 Å². The molecule has 4 aromatic rings. The fraction of sp³-hybridized carbons (Fsp3) is 0.0476. The zero-order chi connectivity index (χ0) is 18.8. The fourth-order valence-corrected chi connectivity index (χ4v) is 2.97. The Morgan fingerprint density at radius 1 is 0.889 bits per heavy atom. The largest absolute Gasteiger partial charge is 0.465 e. The van der Waals surface area contributed by atoms with Crippen LogP contribution in [0.25, 0.3) is 33.5 Å². The number of aromatic nitrogens is 3. The fourth-order valence-electron chi connectivity index (χ4n) is 2.97. The number of benzene rings is 2. The van der Waals surface area contributed by atoms with Crippen LogP contribution in [0.15, 0.2) is 66.7 Å². The minimum Gasteiger partial charge on any atom is -0.465 e. The normalized spacial score (nSPS) is 10.7. The molecule has 2 aromatic carbocycles. The van der Waals surface area contributed by atoms with E-state index in [1.165, 1.54) is 7.11 Å². The third-order valence-electron chi connectivity index (χ3n) is 4.22. The monoisotopic (exact) mass is 356 g/mol. The summed E-state index contributed by atoms with van der Waals surface area (Å²) >= 11 is 0. The highest BCUT2D eigenvalue weighted by Crippen LogP contribution is 2.29. The van der Waals surface area contributed by atoms with E-state index in [0.29, 0.717) is 33.5 Å². The minimum absolute atomic E-state index is 0.186. The van der Waals surface area contributed by atoms with E-state index in [0.717, 1.165) is 5.56 Å².